The maximum Gasteiger partial charge on any atom is 0.306 e. The Kier molecular flexibility index (Phi) is 10.7. The molecule has 1 aliphatic heterocycles. The molecule has 1 N–H and O–H groups in total. The molecule has 43 heavy (non-hydrogen) atoms. The number of benzene rings is 3. The summed E-state index contributed by atoms with van der Waals surface area (Å²) in [6.45, 7) is 10.6. The van der Waals surface area contributed by atoms with Crippen LogP contribution in [-0.2, 0) is 32.3 Å². The number of hydrogen-bond donors (Lipinski definition) is 1. The van der Waals surface area contributed by atoms with E-state index >= 15 is 0 Å². The van der Waals surface area contributed by atoms with Crippen LogP contribution in [0.5, 0.6) is 11.5 Å². The fourth-order valence-electron chi connectivity index (χ4n) is 5.37. The van der Waals surface area contributed by atoms with Crippen LogP contribution in [0, 0.1) is 19.7 Å². The molecule has 1 aliphatic rings. The van der Waals surface area contributed by atoms with Crippen molar-refractivity contribution in [3.8, 4) is 22.6 Å². The summed E-state index contributed by atoms with van der Waals surface area (Å²) < 4.78 is 55.7. The molecule has 0 unspecified atom stereocenters. The van der Waals surface area contributed by atoms with Crippen LogP contribution in [0.4, 0.5) is 10.1 Å². The average molecular weight is 612 g/mol. The Morgan fingerprint density at radius 1 is 1.02 bits per heavy atom. The molecule has 0 bridgehead atoms. The van der Waals surface area contributed by atoms with Crippen molar-refractivity contribution in [3.05, 3.63) is 76.6 Å². The predicted molar refractivity (Wildman–Crippen MR) is 168 cm³/mol. The number of hydrogen-bond acceptors (Lipinski definition) is 7. The lowest BCUT2D eigenvalue weighted by molar-refractivity contribution is -0.143. The highest BCUT2D eigenvalue weighted by molar-refractivity contribution is 7.91. The highest BCUT2D eigenvalue weighted by Crippen LogP contribution is 2.38. The first-order chi connectivity index (χ1) is 20.4. The van der Waals surface area contributed by atoms with E-state index in [1.807, 2.05) is 58.0 Å². The van der Waals surface area contributed by atoms with E-state index in [-0.39, 0.29) is 48.3 Å². The molecular weight excluding hydrogens is 569 g/mol. The van der Waals surface area contributed by atoms with Gasteiger partial charge in [0.05, 0.1) is 24.2 Å². The fraction of sp³-hybridized carbons (Fsp3) is 0.441. The molecule has 1 fully saturated rings. The summed E-state index contributed by atoms with van der Waals surface area (Å²) in [5.41, 5.74) is 6.18. The number of anilines is 1. The first-order valence-electron chi connectivity index (χ1n) is 14.9. The Balaban J connectivity index is 1.52. The number of carbonyl (C=O) groups excluding carboxylic acids is 1. The van der Waals surface area contributed by atoms with Gasteiger partial charge in [-0.3, -0.25) is 4.79 Å². The molecule has 0 radical (unpaired) electrons. The van der Waals surface area contributed by atoms with Crippen molar-refractivity contribution in [2.45, 2.75) is 79.1 Å². The molecule has 0 saturated carbocycles. The van der Waals surface area contributed by atoms with E-state index in [0.717, 1.165) is 39.3 Å². The number of ether oxygens (including phenoxy) is 3. The van der Waals surface area contributed by atoms with Crippen molar-refractivity contribution in [2.24, 2.45) is 0 Å². The molecule has 9 heteroatoms. The minimum absolute atomic E-state index is 0.0150. The van der Waals surface area contributed by atoms with Gasteiger partial charge in [0.25, 0.3) is 0 Å². The molecule has 1 saturated heterocycles. The van der Waals surface area contributed by atoms with Crippen molar-refractivity contribution in [3.63, 3.8) is 0 Å². The van der Waals surface area contributed by atoms with Crippen LogP contribution in [0.25, 0.3) is 11.1 Å². The number of esters is 1. The van der Waals surface area contributed by atoms with Gasteiger partial charge in [0.15, 0.2) is 9.84 Å². The summed E-state index contributed by atoms with van der Waals surface area (Å²) in [6, 6.07) is 15.0. The second-order valence-corrected chi connectivity index (χ2v) is 13.7. The van der Waals surface area contributed by atoms with E-state index in [0.29, 0.717) is 37.2 Å². The zero-order valence-corrected chi connectivity index (χ0v) is 26.5. The van der Waals surface area contributed by atoms with Crippen molar-refractivity contribution in [2.75, 3.05) is 23.4 Å². The SMILES string of the molecule is CCOC(=O)CCc1ccc(NCc2ccc(OC(C)C)c(-c3c(C)cc(OC4CCS(=O)(=O)CC4)cc3C)c2)cc1F. The molecule has 0 spiro atoms. The first kappa shape index (κ1) is 32.3. The second-order valence-electron chi connectivity index (χ2n) is 11.4. The van der Waals surface area contributed by atoms with E-state index in [2.05, 4.69) is 11.4 Å². The molecular formula is C34H42FNO6S. The predicted octanol–water partition coefficient (Wildman–Crippen LogP) is 6.96. The molecule has 0 atom stereocenters. The van der Waals surface area contributed by atoms with E-state index in [4.69, 9.17) is 14.2 Å². The Morgan fingerprint density at radius 2 is 1.72 bits per heavy atom. The summed E-state index contributed by atoms with van der Waals surface area (Å²) in [6.07, 6.45) is 1.31. The summed E-state index contributed by atoms with van der Waals surface area (Å²) in [4.78, 5) is 11.6. The lowest BCUT2D eigenvalue weighted by Gasteiger charge is -2.24. The van der Waals surface area contributed by atoms with Crippen LogP contribution < -0.4 is 14.8 Å². The van der Waals surface area contributed by atoms with Crippen LogP contribution in [-0.4, -0.2) is 44.7 Å². The highest BCUT2D eigenvalue weighted by Gasteiger charge is 2.25. The normalized spacial score (nSPS) is 14.9. The van der Waals surface area contributed by atoms with Crippen LogP contribution in [0.1, 0.15) is 62.3 Å². The number of sulfone groups is 1. The van der Waals surface area contributed by atoms with Gasteiger partial charge in [-0.2, -0.15) is 0 Å². The zero-order chi connectivity index (χ0) is 31.1. The smallest absolute Gasteiger partial charge is 0.306 e. The van der Waals surface area contributed by atoms with Crippen molar-refractivity contribution < 1.29 is 31.8 Å². The first-order valence-corrected chi connectivity index (χ1v) is 16.7. The number of carbonyl (C=O) groups is 1. The third-order valence-corrected chi connectivity index (χ3v) is 9.16. The van der Waals surface area contributed by atoms with Crippen molar-refractivity contribution >= 4 is 21.5 Å². The largest absolute Gasteiger partial charge is 0.490 e. The van der Waals surface area contributed by atoms with Gasteiger partial charge >= 0.3 is 5.97 Å². The third-order valence-electron chi connectivity index (χ3n) is 7.44. The van der Waals surface area contributed by atoms with Crippen LogP contribution >= 0.6 is 0 Å². The van der Waals surface area contributed by atoms with Gasteiger partial charge in [-0.1, -0.05) is 12.1 Å². The maximum atomic E-state index is 14.7. The average Bonchev–Trinajstić information content (AvgIpc) is 2.93. The number of aryl methyl sites for hydroxylation is 3. The Hall–Kier alpha value is -3.59. The van der Waals surface area contributed by atoms with Gasteiger partial charge < -0.3 is 19.5 Å². The summed E-state index contributed by atoms with van der Waals surface area (Å²) >= 11 is 0. The highest BCUT2D eigenvalue weighted by atomic mass is 32.2. The molecule has 232 valence electrons. The molecule has 3 aromatic carbocycles. The monoisotopic (exact) mass is 611 g/mol. The lowest BCUT2D eigenvalue weighted by atomic mass is 9.93. The molecule has 1 heterocycles. The fourth-order valence-corrected chi connectivity index (χ4v) is 6.82. The third kappa shape index (κ3) is 8.95. The Morgan fingerprint density at radius 3 is 2.35 bits per heavy atom. The number of rotatable bonds is 12. The molecule has 0 aliphatic carbocycles. The summed E-state index contributed by atoms with van der Waals surface area (Å²) in [5, 5.41) is 3.31. The summed E-state index contributed by atoms with van der Waals surface area (Å²) in [7, 11) is -2.95. The maximum absolute atomic E-state index is 14.7. The van der Waals surface area contributed by atoms with Crippen LogP contribution in [0.15, 0.2) is 48.5 Å². The van der Waals surface area contributed by atoms with Crippen molar-refractivity contribution in [1.82, 2.24) is 0 Å². The molecule has 3 aromatic rings. The minimum atomic E-state index is -2.95. The second kappa shape index (κ2) is 14.3. The molecule has 0 amide bonds. The van der Waals surface area contributed by atoms with Gasteiger partial charge in [-0.05, 0) is 118 Å². The lowest BCUT2D eigenvalue weighted by Crippen LogP contribution is -2.30. The molecule has 7 nitrogen and oxygen atoms in total. The number of nitrogens with one attached hydrogen (secondary N) is 1. The standard InChI is InChI=1S/C34H42FNO6S/c1-6-40-33(37)12-9-26-8-10-27(20-31(26)35)36-21-25-7-11-32(41-22(2)3)30(19-25)34-23(4)17-29(18-24(34)5)42-28-13-15-43(38,39)16-14-28/h7-8,10-11,17-20,22,28,36H,6,9,12-16,21H2,1-5H3. The zero-order valence-electron chi connectivity index (χ0n) is 25.7. The van der Waals surface area contributed by atoms with Gasteiger partial charge in [0.2, 0.25) is 0 Å². The topological polar surface area (TPSA) is 90.9 Å². The molecule has 0 aromatic heterocycles. The number of halogens is 1. The van der Waals surface area contributed by atoms with E-state index in [9.17, 15) is 17.6 Å². The van der Waals surface area contributed by atoms with E-state index < -0.39 is 9.84 Å². The Bertz CT molecular complexity index is 1520. The quantitative estimate of drug-likeness (QED) is 0.221. The van der Waals surface area contributed by atoms with Gasteiger partial charge in [0, 0.05) is 24.2 Å². The molecule has 4 rings (SSSR count). The van der Waals surface area contributed by atoms with Gasteiger partial charge in [-0.25, -0.2) is 12.8 Å². The van der Waals surface area contributed by atoms with E-state index in [1.54, 1.807) is 13.0 Å². The Labute approximate surface area is 254 Å². The van der Waals surface area contributed by atoms with Crippen LogP contribution in [0.3, 0.4) is 0 Å². The summed E-state index contributed by atoms with van der Waals surface area (Å²) in [5.74, 6) is 1.14. The van der Waals surface area contributed by atoms with Crippen LogP contribution in [0.2, 0.25) is 0 Å². The van der Waals surface area contributed by atoms with E-state index in [1.165, 1.54) is 6.07 Å². The minimum Gasteiger partial charge on any atom is -0.490 e. The van der Waals surface area contributed by atoms with Gasteiger partial charge in [0.1, 0.15) is 23.4 Å². The van der Waals surface area contributed by atoms with Crippen molar-refractivity contribution in [1.29, 1.82) is 0 Å². The van der Waals surface area contributed by atoms with Gasteiger partial charge in [-0.15, -0.1) is 0 Å².